The number of rotatable bonds is 17. The molecule has 1 aliphatic heterocycles. The molecule has 52 heavy (non-hydrogen) atoms. The fourth-order valence-corrected chi connectivity index (χ4v) is 6.57. The fourth-order valence-electron chi connectivity index (χ4n) is 5.22. The average Bonchev–Trinajstić information content (AvgIpc) is 3.08. The summed E-state index contributed by atoms with van der Waals surface area (Å²) in [5, 5.41) is 2.55. The normalized spacial score (nSPS) is 21.1. The SMILES string of the molecule is COC(=O)[C@]1(OP(=O)(OCc2ccccc2)OCc2ccccc2)C[C@H](OC(C)=O)[C@@H](NC(C)=O)[C@@H]([C@H](OC(C)=O)[C@@H](COC(C)=O)OC(C)=O)O1. The molecule has 1 fully saturated rings. The van der Waals surface area contributed by atoms with Crippen LogP contribution in [0.1, 0.15) is 52.2 Å². The highest BCUT2D eigenvalue weighted by Gasteiger charge is 2.62. The highest BCUT2D eigenvalue weighted by Crippen LogP contribution is 2.56. The van der Waals surface area contributed by atoms with Crippen LogP contribution in [0.15, 0.2) is 60.7 Å². The zero-order chi connectivity index (χ0) is 38.5. The first kappa shape index (κ1) is 41.7. The van der Waals surface area contributed by atoms with E-state index in [4.69, 9.17) is 42.0 Å². The molecule has 6 atom stereocenters. The summed E-state index contributed by atoms with van der Waals surface area (Å²) < 4.78 is 64.8. The second-order valence-corrected chi connectivity index (χ2v) is 13.1. The number of carbonyl (C=O) groups is 6. The lowest BCUT2D eigenvalue weighted by atomic mass is 9.88. The van der Waals surface area contributed by atoms with Gasteiger partial charge in [-0.25, -0.2) is 13.9 Å². The number of benzene rings is 2. The average molecular weight is 752 g/mol. The van der Waals surface area contributed by atoms with Gasteiger partial charge < -0.3 is 33.7 Å². The summed E-state index contributed by atoms with van der Waals surface area (Å²) in [5.41, 5.74) is 1.08. The minimum Gasteiger partial charge on any atom is -0.465 e. The Kier molecular flexibility index (Phi) is 15.5. The lowest BCUT2D eigenvalue weighted by Crippen LogP contribution is -2.69. The summed E-state index contributed by atoms with van der Waals surface area (Å²) in [5.74, 6) is -8.48. The Morgan fingerprint density at radius 2 is 1.35 bits per heavy atom. The quantitative estimate of drug-likeness (QED) is 0.140. The summed E-state index contributed by atoms with van der Waals surface area (Å²) in [7, 11) is -3.97. The molecule has 1 amide bonds. The number of nitrogens with one attached hydrogen (secondary N) is 1. The molecule has 3 rings (SSSR count). The number of phosphoric acid groups is 1. The van der Waals surface area contributed by atoms with Crippen LogP contribution in [0.4, 0.5) is 0 Å². The molecular weight excluding hydrogens is 709 g/mol. The number of amides is 1. The largest absolute Gasteiger partial charge is 0.478 e. The fraction of sp³-hybridized carbons (Fsp3) is 0.471. The molecule has 1 heterocycles. The van der Waals surface area contributed by atoms with Gasteiger partial charge in [0.1, 0.15) is 18.8 Å². The number of ether oxygens (including phenoxy) is 6. The van der Waals surface area contributed by atoms with E-state index in [0.717, 1.165) is 41.7 Å². The lowest BCUT2D eigenvalue weighted by molar-refractivity contribution is -0.294. The van der Waals surface area contributed by atoms with E-state index in [0.29, 0.717) is 11.1 Å². The number of phosphoric ester groups is 1. The van der Waals surface area contributed by atoms with E-state index in [9.17, 15) is 33.3 Å². The van der Waals surface area contributed by atoms with Crippen LogP contribution in [-0.2, 0) is 88.5 Å². The third kappa shape index (κ3) is 12.5. The number of hydrogen-bond acceptors (Lipinski definition) is 16. The Labute approximate surface area is 300 Å². The van der Waals surface area contributed by atoms with Crippen molar-refractivity contribution >= 4 is 43.6 Å². The van der Waals surface area contributed by atoms with Crippen LogP contribution >= 0.6 is 7.82 Å². The van der Waals surface area contributed by atoms with Crippen LogP contribution < -0.4 is 5.32 Å². The molecule has 284 valence electrons. The molecule has 1 saturated heterocycles. The third-order valence-electron chi connectivity index (χ3n) is 7.22. The van der Waals surface area contributed by atoms with Crippen molar-refractivity contribution in [3.63, 3.8) is 0 Å². The zero-order valence-electron chi connectivity index (χ0n) is 29.5. The van der Waals surface area contributed by atoms with Gasteiger partial charge in [0.2, 0.25) is 5.91 Å². The van der Waals surface area contributed by atoms with Crippen LogP contribution in [0.2, 0.25) is 0 Å². The number of methoxy groups -OCH3 is 1. The maximum atomic E-state index is 14.6. The molecule has 17 nitrogen and oxygen atoms in total. The van der Waals surface area contributed by atoms with Crippen molar-refractivity contribution in [3.8, 4) is 0 Å². The van der Waals surface area contributed by atoms with Crippen LogP contribution in [0.25, 0.3) is 0 Å². The van der Waals surface area contributed by atoms with E-state index in [1.165, 1.54) is 0 Å². The van der Waals surface area contributed by atoms with E-state index >= 15 is 0 Å². The van der Waals surface area contributed by atoms with E-state index in [1.54, 1.807) is 60.7 Å². The lowest BCUT2D eigenvalue weighted by Gasteiger charge is -2.48. The van der Waals surface area contributed by atoms with Gasteiger partial charge in [-0.2, -0.15) is 0 Å². The van der Waals surface area contributed by atoms with E-state index in [-0.39, 0.29) is 13.2 Å². The molecule has 18 heteroatoms. The Hall–Kier alpha value is -4.67. The minimum absolute atomic E-state index is 0.345. The van der Waals surface area contributed by atoms with Crippen molar-refractivity contribution in [2.75, 3.05) is 13.7 Å². The number of carbonyl (C=O) groups excluding carboxylic acids is 6. The summed E-state index contributed by atoms with van der Waals surface area (Å²) in [6.45, 7) is 3.85. The molecule has 0 unspecified atom stereocenters. The van der Waals surface area contributed by atoms with Gasteiger partial charge in [0.15, 0.2) is 12.2 Å². The van der Waals surface area contributed by atoms with E-state index < -0.39 is 92.8 Å². The topological polar surface area (TPSA) is 215 Å². The molecular formula is C34H42NO16P. The van der Waals surface area contributed by atoms with Gasteiger partial charge in [-0.15, -0.1) is 0 Å². The van der Waals surface area contributed by atoms with Gasteiger partial charge in [0, 0.05) is 34.6 Å². The monoisotopic (exact) mass is 751 g/mol. The first-order valence-corrected chi connectivity index (χ1v) is 17.4. The Bertz CT molecular complexity index is 1560. The molecule has 0 saturated carbocycles. The molecule has 0 aromatic heterocycles. The van der Waals surface area contributed by atoms with Crippen molar-refractivity contribution in [1.29, 1.82) is 0 Å². The minimum atomic E-state index is -4.93. The molecule has 2 aromatic carbocycles. The van der Waals surface area contributed by atoms with E-state index in [2.05, 4.69) is 5.32 Å². The molecule has 0 aliphatic carbocycles. The van der Waals surface area contributed by atoms with Gasteiger partial charge in [0.25, 0.3) is 5.79 Å². The molecule has 0 spiro atoms. The second kappa shape index (κ2) is 19.2. The number of hydrogen-bond donors (Lipinski definition) is 1. The van der Waals surface area contributed by atoms with Gasteiger partial charge in [0.05, 0.1) is 32.8 Å². The Morgan fingerprint density at radius 1 is 0.808 bits per heavy atom. The smallest absolute Gasteiger partial charge is 0.465 e. The Morgan fingerprint density at radius 3 is 1.79 bits per heavy atom. The maximum Gasteiger partial charge on any atom is 0.478 e. The van der Waals surface area contributed by atoms with Crippen molar-refractivity contribution in [2.24, 2.45) is 0 Å². The standard InChI is InChI=1S/C34H42NO16P/c1-21(36)35-30-28(47-23(3)38)17-34(33(41)43-6,50-32(30)31(49-25(5)40)29(48-24(4)39)20-44-22(2)37)51-52(42,45-18-26-13-9-7-10-14-26)46-19-27-15-11-8-12-16-27/h7-16,28-32H,17-20H2,1-6H3,(H,35,36)/t28-,29+,30+,31+,32-,34+/m0/s1. The van der Waals surface area contributed by atoms with Crippen LogP contribution in [0, 0.1) is 0 Å². The van der Waals surface area contributed by atoms with Crippen molar-refractivity contribution in [1.82, 2.24) is 5.32 Å². The molecule has 1 N–H and O–H groups in total. The van der Waals surface area contributed by atoms with Gasteiger partial charge in [-0.3, -0.25) is 33.0 Å². The summed E-state index contributed by atoms with van der Waals surface area (Å²) >= 11 is 0. The molecule has 1 aliphatic rings. The first-order chi connectivity index (χ1) is 24.6. The molecule has 0 radical (unpaired) electrons. The maximum absolute atomic E-state index is 14.6. The van der Waals surface area contributed by atoms with Crippen LogP contribution in [0.5, 0.6) is 0 Å². The number of esters is 5. The first-order valence-electron chi connectivity index (χ1n) is 15.9. The van der Waals surface area contributed by atoms with Crippen LogP contribution in [-0.4, -0.2) is 85.7 Å². The van der Waals surface area contributed by atoms with Crippen molar-refractivity contribution in [3.05, 3.63) is 71.8 Å². The summed E-state index contributed by atoms with van der Waals surface area (Å²) in [6, 6.07) is 15.5. The van der Waals surface area contributed by atoms with Crippen LogP contribution in [0.3, 0.4) is 0 Å². The predicted molar refractivity (Wildman–Crippen MR) is 176 cm³/mol. The van der Waals surface area contributed by atoms with Gasteiger partial charge in [-0.1, -0.05) is 60.7 Å². The second-order valence-electron chi connectivity index (χ2n) is 11.5. The summed E-state index contributed by atoms with van der Waals surface area (Å²) in [6.07, 6.45) is -7.67. The van der Waals surface area contributed by atoms with Crippen molar-refractivity contribution in [2.45, 2.75) is 90.5 Å². The van der Waals surface area contributed by atoms with E-state index in [1.807, 2.05) is 0 Å². The predicted octanol–water partition coefficient (Wildman–Crippen LogP) is 3.07. The molecule has 2 aromatic rings. The summed E-state index contributed by atoms with van der Waals surface area (Å²) in [4.78, 5) is 75.4. The van der Waals surface area contributed by atoms with Gasteiger partial charge in [-0.05, 0) is 11.1 Å². The van der Waals surface area contributed by atoms with Gasteiger partial charge >= 0.3 is 37.7 Å². The highest BCUT2D eigenvalue weighted by atomic mass is 31.2. The molecule has 0 bridgehead atoms. The highest BCUT2D eigenvalue weighted by molar-refractivity contribution is 7.48. The van der Waals surface area contributed by atoms with Crippen molar-refractivity contribution < 1.29 is 75.3 Å². The Balaban J connectivity index is 2.23. The zero-order valence-corrected chi connectivity index (χ0v) is 30.4. The third-order valence-corrected chi connectivity index (χ3v) is 8.63.